The minimum absolute atomic E-state index is 0.0139. The van der Waals surface area contributed by atoms with Crippen molar-refractivity contribution in [2.75, 3.05) is 13.7 Å². The molecule has 0 aromatic carbocycles. The number of hydrogen-bond acceptors (Lipinski definition) is 1. The van der Waals surface area contributed by atoms with Crippen molar-refractivity contribution < 1.29 is 13.5 Å². The molecule has 0 aromatic heterocycles. The zero-order valence-corrected chi connectivity index (χ0v) is 8.99. The minimum Gasteiger partial charge on any atom is -0.384 e. The molecule has 3 heteroatoms. The van der Waals surface area contributed by atoms with Crippen LogP contribution in [0.25, 0.3) is 0 Å². The van der Waals surface area contributed by atoms with Crippen molar-refractivity contribution in [3.8, 4) is 0 Å². The smallest absolute Gasteiger partial charge is 0.245 e. The van der Waals surface area contributed by atoms with Crippen LogP contribution in [0, 0.1) is 5.41 Å². The van der Waals surface area contributed by atoms with Gasteiger partial charge in [-0.1, -0.05) is 13.8 Å². The lowest BCUT2D eigenvalue weighted by atomic mass is 9.88. The molecule has 0 radical (unpaired) electrons. The SMILES string of the molecule is COCC(C)(C)CCCC(C)(F)F. The van der Waals surface area contributed by atoms with Crippen LogP contribution in [0.2, 0.25) is 0 Å². The van der Waals surface area contributed by atoms with Gasteiger partial charge in [-0.05, 0) is 25.2 Å². The Kier molecular flexibility index (Phi) is 4.82. The molecule has 0 saturated carbocycles. The molecule has 0 aromatic rings. The molecule has 0 aliphatic carbocycles. The van der Waals surface area contributed by atoms with Gasteiger partial charge in [-0.3, -0.25) is 0 Å². The molecule has 0 aliphatic rings. The summed E-state index contributed by atoms with van der Waals surface area (Å²) in [6.07, 6.45) is 1.31. The lowest BCUT2D eigenvalue weighted by molar-refractivity contribution is 0.00516. The molecule has 13 heavy (non-hydrogen) atoms. The third kappa shape index (κ3) is 8.16. The summed E-state index contributed by atoms with van der Waals surface area (Å²) in [7, 11) is 1.64. The minimum atomic E-state index is -2.52. The van der Waals surface area contributed by atoms with Crippen LogP contribution in [-0.2, 0) is 4.74 Å². The Bertz CT molecular complexity index is 138. The first-order valence-electron chi connectivity index (χ1n) is 4.64. The zero-order valence-electron chi connectivity index (χ0n) is 8.99. The maximum atomic E-state index is 12.5. The second-order valence-electron chi connectivity index (χ2n) is 4.52. The van der Waals surface area contributed by atoms with E-state index in [1.807, 2.05) is 13.8 Å². The average Bonchev–Trinajstić information content (AvgIpc) is 1.82. The van der Waals surface area contributed by atoms with Crippen LogP contribution >= 0.6 is 0 Å². The van der Waals surface area contributed by atoms with Crippen molar-refractivity contribution in [1.82, 2.24) is 0 Å². The molecule has 1 nitrogen and oxygen atoms in total. The molecular weight excluding hydrogens is 174 g/mol. The molecule has 0 bridgehead atoms. The van der Waals surface area contributed by atoms with E-state index in [-0.39, 0.29) is 11.8 Å². The lowest BCUT2D eigenvalue weighted by Crippen LogP contribution is -2.19. The Labute approximate surface area is 79.5 Å². The van der Waals surface area contributed by atoms with Gasteiger partial charge in [0, 0.05) is 13.5 Å². The van der Waals surface area contributed by atoms with E-state index < -0.39 is 5.92 Å². The Morgan fingerprint density at radius 1 is 1.08 bits per heavy atom. The maximum absolute atomic E-state index is 12.5. The third-order valence-corrected chi connectivity index (χ3v) is 2.00. The molecule has 0 aliphatic heterocycles. The summed E-state index contributed by atoms with van der Waals surface area (Å²) in [5.74, 6) is -2.52. The summed E-state index contributed by atoms with van der Waals surface area (Å²) in [4.78, 5) is 0. The van der Waals surface area contributed by atoms with Crippen LogP contribution in [0.1, 0.15) is 40.0 Å². The summed E-state index contributed by atoms with van der Waals surface area (Å²) >= 11 is 0. The third-order valence-electron chi connectivity index (χ3n) is 2.00. The van der Waals surface area contributed by atoms with Gasteiger partial charge in [0.2, 0.25) is 5.92 Å². The van der Waals surface area contributed by atoms with Crippen LogP contribution in [0.15, 0.2) is 0 Å². The predicted octanol–water partition coefficient (Wildman–Crippen LogP) is 3.48. The second-order valence-corrected chi connectivity index (χ2v) is 4.52. The number of rotatable bonds is 6. The van der Waals surface area contributed by atoms with Crippen LogP contribution in [0.5, 0.6) is 0 Å². The van der Waals surface area contributed by atoms with Gasteiger partial charge in [-0.15, -0.1) is 0 Å². The first kappa shape index (κ1) is 12.8. The van der Waals surface area contributed by atoms with Gasteiger partial charge in [-0.25, -0.2) is 8.78 Å². The first-order chi connectivity index (χ1) is 5.77. The van der Waals surface area contributed by atoms with Gasteiger partial charge in [0.25, 0.3) is 0 Å². The van der Waals surface area contributed by atoms with Crippen molar-refractivity contribution in [2.45, 2.75) is 46.0 Å². The van der Waals surface area contributed by atoms with Crippen molar-refractivity contribution in [2.24, 2.45) is 5.41 Å². The van der Waals surface area contributed by atoms with Gasteiger partial charge in [0.05, 0.1) is 6.61 Å². The standard InChI is InChI=1S/C10H20F2O/c1-9(2,8-13-4)6-5-7-10(3,11)12/h5-8H2,1-4H3. The molecule has 0 spiro atoms. The molecule has 80 valence electrons. The normalized spacial score (nSPS) is 13.4. The summed E-state index contributed by atoms with van der Waals surface area (Å²) < 4.78 is 29.9. The average molecular weight is 194 g/mol. The van der Waals surface area contributed by atoms with Crippen LogP contribution in [0.3, 0.4) is 0 Å². The second kappa shape index (κ2) is 4.89. The molecule has 0 rings (SSSR count). The van der Waals surface area contributed by atoms with E-state index in [1.165, 1.54) is 0 Å². The first-order valence-corrected chi connectivity index (χ1v) is 4.64. The van der Waals surface area contributed by atoms with E-state index in [9.17, 15) is 8.78 Å². The van der Waals surface area contributed by atoms with E-state index in [0.717, 1.165) is 13.3 Å². The van der Waals surface area contributed by atoms with Crippen molar-refractivity contribution in [3.63, 3.8) is 0 Å². The number of hydrogen-bond donors (Lipinski definition) is 0. The highest BCUT2D eigenvalue weighted by Crippen LogP contribution is 2.27. The van der Waals surface area contributed by atoms with Gasteiger partial charge in [0.1, 0.15) is 0 Å². The van der Waals surface area contributed by atoms with E-state index in [4.69, 9.17) is 4.74 Å². The zero-order chi connectivity index (χ0) is 10.5. The van der Waals surface area contributed by atoms with Crippen molar-refractivity contribution in [1.29, 1.82) is 0 Å². The highest BCUT2D eigenvalue weighted by molar-refractivity contribution is 4.69. The Balaban J connectivity index is 3.63. The van der Waals surface area contributed by atoms with Crippen molar-refractivity contribution >= 4 is 0 Å². The maximum Gasteiger partial charge on any atom is 0.245 e. The Morgan fingerprint density at radius 3 is 2.00 bits per heavy atom. The van der Waals surface area contributed by atoms with Gasteiger partial charge < -0.3 is 4.74 Å². The highest BCUT2D eigenvalue weighted by Gasteiger charge is 2.23. The highest BCUT2D eigenvalue weighted by atomic mass is 19.3. The molecule has 0 saturated heterocycles. The lowest BCUT2D eigenvalue weighted by Gasteiger charge is -2.23. The largest absolute Gasteiger partial charge is 0.384 e. The molecule has 0 unspecified atom stereocenters. The van der Waals surface area contributed by atoms with E-state index in [0.29, 0.717) is 13.0 Å². The quantitative estimate of drug-likeness (QED) is 0.629. The number of methoxy groups -OCH3 is 1. The molecule has 0 atom stereocenters. The molecule has 0 N–H and O–H groups in total. The molecule has 0 heterocycles. The summed E-state index contributed by atoms with van der Waals surface area (Å²) in [5, 5.41) is 0. The fourth-order valence-electron chi connectivity index (χ4n) is 1.34. The summed E-state index contributed by atoms with van der Waals surface area (Å²) in [6, 6.07) is 0. The van der Waals surface area contributed by atoms with E-state index >= 15 is 0 Å². The predicted molar refractivity (Wildman–Crippen MR) is 50.1 cm³/mol. The topological polar surface area (TPSA) is 9.23 Å². The Morgan fingerprint density at radius 2 is 1.62 bits per heavy atom. The summed E-state index contributed by atoms with van der Waals surface area (Å²) in [5.41, 5.74) is 0.0139. The Hall–Kier alpha value is -0.180. The van der Waals surface area contributed by atoms with E-state index in [2.05, 4.69) is 0 Å². The molecule has 0 fully saturated rings. The van der Waals surface area contributed by atoms with Gasteiger partial charge >= 0.3 is 0 Å². The van der Waals surface area contributed by atoms with Gasteiger partial charge in [-0.2, -0.15) is 0 Å². The van der Waals surface area contributed by atoms with Gasteiger partial charge in [0.15, 0.2) is 0 Å². The fraction of sp³-hybridized carbons (Fsp3) is 1.00. The number of halogens is 2. The molecular formula is C10H20F2O. The fourth-order valence-corrected chi connectivity index (χ4v) is 1.34. The monoisotopic (exact) mass is 194 g/mol. The van der Waals surface area contributed by atoms with Crippen molar-refractivity contribution in [3.05, 3.63) is 0 Å². The van der Waals surface area contributed by atoms with Crippen LogP contribution in [-0.4, -0.2) is 19.6 Å². The summed E-state index contributed by atoms with van der Waals surface area (Å²) in [6.45, 7) is 5.66. The van der Waals surface area contributed by atoms with Crippen LogP contribution < -0.4 is 0 Å². The van der Waals surface area contributed by atoms with Crippen LogP contribution in [0.4, 0.5) is 8.78 Å². The number of alkyl halides is 2. The molecule has 0 amide bonds. The van der Waals surface area contributed by atoms with E-state index in [1.54, 1.807) is 7.11 Å². The number of ether oxygens (including phenoxy) is 1.